The Morgan fingerprint density at radius 1 is 1.24 bits per heavy atom. The van der Waals surface area contributed by atoms with Gasteiger partial charge in [0.2, 0.25) is 0 Å². The van der Waals surface area contributed by atoms with E-state index in [0.29, 0.717) is 12.5 Å². The first-order chi connectivity index (χ1) is 7.84. The second kappa shape index (κ2) is 4.43. The number of nitrogens with two attached hydrogens (primary N) is 1. The van der Waals surface area contributed by atoms with Crippen molar-refractivity contribution >= 4 is 0 Å². The van der Waals surface area contributed by atoms with Crippen LogP contribution in [0.5, 0.6) is 0 Å². The minimum absolute atomic E-state index is 0.0473. The van der Waals surface area contributed by atoms with Gasteiger partial charge in [0.05, 0.1) is 18.1 Å². The Morgan fingerprint density at radius 2 is 1.88 bits per heavy atom. The predicted molar refractivity (Wildman–Crippen MR) is 58.3 cm³/mol. The van der Waals surface area contributed by atoms with Crippen LogP contribution >= 0.6 is 0 Å². The zero-order valence-electron chi connectivity index (χ0n) is 10.2. The normalized spacial score (nSPS) is 46.9. The molecule has 1 saturated carbocycles. The number of alkyl halides is 3. The Labute approximate surface area is 99.7 Å². The molecule has 0 aromatic carbocycles. The summed E-state index contributed by atoms with van der Waals surface area (Å²) in [6, 6.07) is 0. The summed E-state index contributed by atoms with van der Waals surface area (Å²) >= 11 is 0. The average Bonchev–Trinajstić information content (AvgIpc) is 2.52. The second-order valence-electron chi connectivity index (χ2n) is 5.52. The van der Waals surface area contributed by atoms with Crippen LogP contribution in [0, 0.1) is 23.7 Å². The van der Waals surface area contributed by atoms with Crippen molar-refractivity contribution < 1.29 is 17.9 Å². The molecule has 6 atom stereocenters. The smallest absolute Gasteiger partial charge is 0.375 e. The van der Waals surface area contributed by atoms with E-state index in [0.717, 1.165) is 0 Å². The first kappa shape index (κ1) is 13.1. The molecule has 2 rings (SSSR count). The molecule has 2 fully saturated rings. The van der Waals surface area contributed by atoms with Crippen LogP contribution in [0.3, 0.4) is 0 Å². The molecule has 17 heavy (non-hydrogen) atoms. The molecule has 1 heterocycles. The molecule has 2 aliphatic rings. The molecule has 2 nitrogen and oxygen atoms in total. The molecule has 5 heteroatoms. The Hall–Kier alpha value is -0.290. The summed E-state index contributed by atoms with van der Waals surface area (Å²) in [4.78, 5) is 0. The third-order valence-corrected chi connectivity index (χ3v) is 4.58. The van der Waals surface area contributed by atoms with Crippen LogP contribution in [0.15, 0.2) is 0 Å². The number of hydrogen-bond donors (Lipinski definition) is 1. The standard InChI is InChI=1S/C12H20F3NO/c1-6-7(2)17-10-4-9(12(13,14)15)3-8(5-16)11(6)10/h6-11H,3-5,16H2,1-2H3/t6-,7-,8+,9+,10+,11-/m0/s1. The van der Waals surface area contributed by atoms with Gasteiger partial charge in [-0.25, -0.2) is 0 Å². The van der Waals surface area contributed by atoms with Gasteiger partial charge in [0.1, 0.15) is 0 Å². The number of rotatable bonds is 1. The van der Waals surface area contributed by atoms with Gasteiger partial charge in [-0.1, -0.05) is 6.92 Å². The van der Waals surface area contributed by atoms with Gasteiger partial charge in [-0.3, -0.25) is 0 Å². The SMILES string of the molecule is C[C@@H]1[C@H]2[C@@H](CN)C[C@@H](C(F)(F)F)C[C@H]2O[C@H]1C. The minimum Gasteiger partial charge on any atom is -0.375 e. The third-order valence-electron chi connectivity index (χ3n) is 4.58. The summed E-state index contributed by atoms with van der Waals surface area (Å²) in [5.74, 6) is -0.786. The number of halogens is 3. The quantitative estimate of drug-likeness (QED) is 0.777. The highest BCUT2D eigenvalue weighted by molar-refractivity contribution is 4.97. The van der Waals surface area contributed by atoms with E-state index >= 15 is 0 Å². The summed E-state index contributed by atoms with van der Waals surface area (Å²) in [7, 11) is 0. The fraction of sp³-hybridized carbons (Fsp3) is 1.00. The average molecular weight is 251 g/mol. The van der Waals surface area contributed by atoms with Crippen LogP contribution in [0.4, 0.5) is 13.2 Å². The zero-order valence-corrected chi connectivity index (χ0v) is 10.2. The van der Waals surface area contributed by atoms with Crippen molar-refractivity contribution in [3.05, 3.63) is 0 Å². The van der Waals surface area contributed by atoms with E-state index in [4.69, 9.17) is 10.5 Å². The summed E-state index contributed by atoms with van der Waals surface area (Å²) in [5, 5.41) is 0. The monoisotopic (exact) mass is 251 g/mol. The van der Waals surface area contributed by atoms with Crippen LogP contribution in [-0.4, -0.2) is 24.9 Å². The van der Waals surface area contributed by atoms with Gasteiger partial charge >= 0.3 is 6.18 Å². The Bertz CT molecular complexity index is 273. The van der Waals surface area contributed by atoms with Crippen molar-refractivity contribution in [2.75, 3.05) is 6.54 Å². The third kappa shape index (κ3) is 2.32. The highest BCUT2D eigenvalue weighted by Crippen LogP contribution is 2.49. The first-order valence-electron chi connectivity index (χ1n) is 6.26. The van der Waals surface area contributed by atoms with E-state index in [-0.39, 0.29) is 36.9 Å². The van der Waals surface area contributed by atoms with E-state index in [1.54, 1.807) is 0 Å². The Balaban J connectivity index is 2.16. The van der Waals surface area contributed by atoms with Crippen molar-refractivity contribution in [1.82, 2.24) is 0 Å². The van der Waals surface area contributed by atoms with E-state index in [1.807, 2.05) is 6.92 Å². The highest BCUT2D eigenvalue weighted by Gasteiger charge is 2.53. The minimum atomic E-state index is -4.11. The fourth-order valence-corrected chi connectivity index (χ4v) is 3.51. The number of ether oxygens (including phenoxy) is 1. The molecule has 0 radical (unpaired) electrons. The van der Waals surface area contributed by atoms with E-state index < -0.39 is 12.1 Å². The van der Waals surface area contributed by atoms with Gasteiger partial charge in [-0.2, -0.15) is 13.2 Å². The maximum atomic E-state index is 12.8. The molecule has 0 spiro atoms. The van der Waals surface area contributed by atoms with Crippen molar-refractivity contribution in [2.24, 2.45) is 29.4 Å². The second-order valence-corrected chi connectivity index (χ2v) is 5.52. The fourth-order valence-electron chi connectivity index (χ4n) is 3.51. The predicted octanol–water partition coefficient (Wildman–Crippen LogP) is 2.57. The maximum Gasteiger partial charge on any atom is 0.391 e. The Morgan fingerprint density at radius 3 is 2.41 bits per heavy atom. The van der Waals surface area contributed by atoms with Crippen LogP contribution in [0.25, 0.3) is 0 Å². The van der Waals surface area contributed by atoms with Crippen molar-refractivity contribution in [3.63, 3.8) is 0 Å². The summed E-state index contributed by atoms with van der Waals surface area (Å²) in [6.07, 6.45) is -4.04. The van der Waals surface area contributed by atoms with Gasteiger partial charge < -0.3 is 10.5 Å². The van der Waals surface area contributed by atoms with Crippen molar-refractivity contribution in [2.45, 2.75) is 45.1 Å². The summed E-state index contributed by atoms with van der Waals surface area (Å²) < 4.78 is 44.1. The number of fused-ring (bicyclic) bond motifs is 1. The van der Waals surface area contributed by atoms with Crippen LogP contribution in [0.1, 0.15) is 26.7 Å². The lowest BCUT2D eigenvalue weighted by atomic mass is 9.68. The van der Waals surface area contributed by atoms with Crippen molar-refractivity contribution in [3.8, 4) is 0 Å². The van der Waals surface area contributed by atoms with E-state index in [2.05, 4.69) is 6.92 Å². The topological polar surface area (TPSA) is 35.2 Å². The van der Waals surface area contributed by atoms with Gasteiger partial charge in [-0.05, 0) is 44.1 Å². The molecule has 100 valence electrons. The van der Waals surface area contributed by atoms with Crippen LogP contribution in [0.2, 0.25) is 0 Å². The first-order valence-corrected chi connectivity index (χ1v) is 6.26. The van der Waals surface area contributed by atoms with Crippen LogP contribution in [-0.2, 0) is 4.74 Å². The maximum absolute atomic E-state index is 12.8. The van der Waals surface area contributed by atoms with Gasteiger partial charge in [0.25, 0.3) is 0 Å². The molecular weight excluding hydrogens is 231 g/mol. The molecule has 0 aromatic rings. The largest absolute Gasteiger partial charge is 0.391 e. The molecule has 0 bridgehead atoms. The molecule has 2 N–H and O–H groups in total. The molecule has 1 aliphatic heterocycles. The lowest BCUT2D eigenvalue weighted by Gasteiger charge is -2.39. The molecular formula is C12H20F3NO. The van der Waals surface area contributed by atoms with Gasteiger partial charge in [0, 0.05) is 0 Å². The molecule has 1 aliphatic carbocycles. The Kier molecular flexibility index (Phi) is 3.42. The van der Waals surface area contributed by atoms with Gasteiger partial charge in [-0.15, -0.1) is 0 Å². The molecule has 0 aromatic heterocycles. The molecule has 0 amide bonds. The summed E-state index contributed by atoms with van der Waals surface area (Å²) in [6.45, 7) is 4.33. The molecule has 1 saturated heterocycles. The summed E-state index contributed by atoms with van der Waals surface area (Å²) in [5.41, 5.74) is 5.65. The van der Waals surface area contributed by atoms with Crippen LogP contribution < -0.4 is 5.73 Å². The number of hydrogen-bond acceptors (Lipinski definition) is 2. The van der Waals surface area contributed by atoms with Crippen molar-refractivity contribution in [1.29, 1.82) is 0 Å². The molecule has 0 unspecified atom stereocenters. The lowest BCUT2D eigenvalue weighted by Crippen LogP contribution is -2.43. The zero-order chi connectivity index (χ0) is 12.8. The van der Waals surface area contributed by atoms with E-state index in [9.17, 15) is 13.2 Å². The van der Waals surface area contributed by atoms with Gasteiger partial charge in [0.15, 0.2) is 0 Å². The highest BCUT2D eigenvalue weighted by atomic mass is 19.4. The van der Waals surface area contributed by atoms with E-state index in [1.165, 1.54) is 0 Å². The lowest BCUT2D eigenvalue weighted by molar-refractivity contribution is -0.199.